The molecule has 1 aromatic heterocycles. The monoisotopic (exact) mass is 458 g/mol. The third-order valence-electron chi connectivity index (χ3n) is 5.94. The molecule has 2 aromatic rings. The van der Waals surface area contributed by atoms with Crippen LogP contribution < -0.4 is 16.0 Å². The number of halogens is 2. The van der Waals surface area contributed by atoms with Crippen LogP contribution in [-0.2, 0) is 11.3 Å². The Kier molecular flexibility index (Phi) is 6.51. The maximum atomic E-state index is 14.9. The van der Waals surface area contributed by atoms with E-state index in [9.17, 15) is 14.4 Å². The second-order valence-electron chi connectivity index (χ2n) is 7.89. The topological polar surface area (TPSA) is 93.5 Å². The molecule has 7 nitrogen and oxygen atoms in total. The van der Waals surface area contributed by atoms with Crippen LogP contribution in [0.2, 0.25) is 5.02 Å². The van der Waals surface area contributed by atoms with Gasteiger partial charge in [0, 0.05) is 48.5 Å². The summed E-state index contributed by atoms with van der Waals surface area (Å²) in [5.74, 6) is -1.60. The summed E-state index contributed by atoms with van der Waals surface area (Å²) in [6, 6.07) is 7.93. The van der Waals surface area contributed by atoms with Gasteiger partial charge in [-0.15, -0.1) is 0 Å². The van der Waals surface area contributed by atoms with Gasteiger partial charge in [-0.25, -0.2) is 4.39 Å². The van der Waals surface area contributed by atoms with Crippen molar-refractivity contribution in [3.63, 3.8) is 0 Å². The fourth-order valence-electron chi connectivity index (χ4n) is 4.32. The van der Waals surface area contributed by atoms with E-state index in [2.05, 4.69) is 4.90 Å². The van der Waals surface area contributed by atoms with Crippen LogP contribution in [-0.4, -0.2) is 42.3 Å². The van der Waals surface area contributed by atoms with Gasteiger partial charge in [0.2, 0.25) is 5.88 Å². The van der Waals surface area contributed by atoms with Crippen molar-refractivity contribution in [3.05, 3.63) is 73.7 Å². The Balaban J connectivity index is 1.75. The van der Waals surface area contributed by atoms with Crippen LogP contribution in [0, 0.1) is 24.1 Å². The van der Waals surface area contributed by atoms with Crippen molar-refractivity contribution in [2.45, 2.75) is 25.8 Å². The third-order valence-corrected chi connectivity index (χ3v) is 6.27. The van der Waals surface area contributed by atoms with Gasteiger partial charge in [-0.05, 0) is 25.5 Å². The molecule has 2 aliphatic heterocycles. The Morgan fingerprint density at radius 3 is 2.72 bits per heavy atom. The van der Waals surface area contributed by atoms with Gasteiger partial charge in [0.05, 0.1) is 24.7 Å². The summed E-state index contributed by atoms with van der Waals surface area (Å²) < 4.78 is 27.5. The average molecular weight is 459 g/mol. The lowest BCUT2D eigenvalue weighted by Gasteiger charge is -2.29. The predicted molar refractivity (Wildman–Crippen MR) is 118 cm³/mol. The van der Waals surface area contributed by atoms with E-state index in [0.717, 1.165) is 26.1 Å². The van der Waals surface area contributed by atoms with Gasteiger partial charge in [-0.3, -0.25) is 9.69 Å². The number of nitrogens with two attached hydrogens (primary N) is 1. The molecule has 1 atom stereocenters. The first-order valence-corrected chi connectivity index (χ1v) is 10.9. The standard InChI is InChI=1S/C23H24ClFN4O3/c1-14-12-18-21(23(30)29(14)7-3-6-28-8-10-31-11-9-28)19(15(13-26)22(27)32-18)20-16(24)4-2-5-17(20)25/h2,4-5,12,19H,3,6-11,27H2,1H3. The molecule has 2 N–H and O–H groups in total. The van der Waals surface area contributed by atoms with Crippen LogP contribution in [0.15, 0.2) is 40.5 Å². The lowest BCUT2D eigenvalue weighted by atomic mass is 9.83. The van der Waals surface area contributed by atoms with Crippen LogP contribution in [0.1, 0.15) is 29.2 Å². The Labute approximate surface area is 190 Å². The highest BCUT2D eigenvalue weighted by Gasteiger charge is 2.37. The number of hydrogen-bond donors (Lipinski definition) is 1. The molecule has 1 fully saturated rings. The number of morpholine rings is 1. The molecule has 0 radical (unpaired) electrons. The fourth-order valence-corrected chi connectivity index (χ4v) is 4.59. The first-order valence-electron chi connectivity index (χ1n) is 10.5. The van der Waals surface area contributed by atoms with E-state index in [1.165, 1.54) is 18.2 Å². The zero-order valence-corrected chi connectivity index (χ0v) is 18.5. The quantitative estimate of drug-likeness (QED) is 0.740. The van der Waals surface area contributed by atoms with E-state index in [1.807, 2.05) is 13.0 Å². The van der Waals surface area contributed by atoms with Crippen molar-refractivity contribution in [1.82, 2.24) is 9.47 Å². The maximum Gasteiger partial charge on any atom is 0.258 e. The molecule has 32 heavy (non-hydrogen) atoms. The average Bonchev–Trinajstić information content (AvgIpc) is 2.76. The summed E-state index contributed by atoms with van der Waals surface area (Å²) in [6.07, 6.45) is 0.759. The second kappa shape index (κ2) is 9.33. The molecular weight excluding hydrogens is 435 g/mol. The SMILES string of the molecule is Cc1cc2c(c(=O)n1CCCN1CCOCC1)C(c1c(F)cccc1Cl)C(C#N)=C(N)O2. The van der Waals surface area contributed by atoms with Crippen LogP contribution >= 0.6 is 11.6 Å². The molecule has 3 heterocycles. The number of aromatic nitrogens is 1. The number of benzene rings is 1. The maximum absolute atomic E-state index is 14.9. The van der Waals surface area contributed by atoms with Crippen LogP contribution in [0.5, 0.6) is 5.75 Å². The summed E-state index contributed by atoms with van der Waals surface area (Å²) in [5, 5.41) is 9.86. The number of nitrogens with zero attached hydrogens (tertiary/aromatic N) is 3. The summed E-state index contributed by atoms with van der Waals surface area (Å²) in [7, 11) is 0. The number of fused-ring (bicyclic) bond motifs is 1. The molecule has 9 heteroatoms. The summed E-state index contributed by atoms with van der Waals surface area (Å²) in [6.45, 7) is 6.29. The highest BCUT2D eigenvalue weighted by Crippen LogP contribution is 2.43. The number of ether oxygens (including phenoxy) is 2. The van der Waals surface area contributed by atoms with Crippen molar-refractivity contribution in [2.24, 2.45) is 5.73 Å². The molecule has 0 aliphatic carbocycles. The van der Waals surface area contributed by atoms with Gasteiger partial charge in [0.15, 0.2) is 0 Å². The van der Waals surface area contributed by atoms with E-state index < -0.39 is 11.7 Å². The largest absolute Gasteiger partial charge is 0.440 e. The van der Waals surface area contributed by atoms with Gasteiger partial charge in [-0.2, -0.15) is 5.26 Å². The van der Waals surface area contributed by atoms with E-state index in [1.54, 1.807) is 10.6 Å². The van der Waals surface area contributed by atoms with Crippen LogP contribution in [0.25, 0.3) is 0 Å². The number of pyridine rings is 1. The Bertz CT molecular complexity index is 1140. The second-order valence-corrected chi connectivity index (χ2v) is 8.30. The normalized spacial score (nSPS) is 18.8. The van der Waals surface area contributed by atoms with Gasteiger partial charge in [-0.1, -0.05) is 17.7 Å². The summed E-state index contributed by atoms with van der Waals surface area (Å²) in [4.78, 5) is 15.9. The molecule has 0 saturated carbocycles. The van der Waals surface area contributed by atoms with Crippen LogP contribution in [0.3, 0.4) is 0 Å². The summed E-state index contributed by atoms with van der Waals surface area (Å²) in [5.41, 5.74) is 6.50. The van der Waals surface area contributed by atoms with E-state index >= 15 is 0 Å². The molecule has 0 spiro atoms. The lowest BCUT2D eigenvalue weighted by Crippen LogP contribution is -2.38. The third kappa shape index (κ3) is 4.11. The molecule has 1 aromatic carbocycles. The van der Waals surface area contributed by atoms with Crippen molar-refractivity contribution >= 4 is 11.6 Å². The van der Waals surface area contributed by atoms with Crippen molar-refractivity contribution in [3.8, 4) is 11.8 Å². The molecule has 1 unspecified atom stereocenters. The Morgan fingerprint density at radius 2 is 2.03 bits per heavy atom. The minimum Gasteiger partial charge on any atom is -0.440 e. The zero-order valence-electron chi connectivity index (χ0n) is 17.7. The molecular formula is C23H24ClFN4O3. The molecule has 0 amide bonds. The van der Waals surface area contributed by atoms with Crippen molar-refractivity contribution < 1.29 is 13.9 Å². The highest BCUT2D eigenvalue weighted by molar-refractivity contribution is 6.31. The highest BCUT2D eigenvalue weighted by atomic mass is 35.5. The first kappa shape index (κ1) is 22.3. The smallest absolute Gasteiger partial charge is 0.258 e. The number of aryl methyl sites for hydroxylation is 1. The molecule has 2 aliphatic rings. The van der Waals surface area contributed by atoms with Gasteiger partial charge in [0.1, 0.15) is 23.2 Å². The number of hydrogen-bond acceptors (Lipinski definition) is 6. The molecule has 4 rings (SSSR count). The minimum atomic E-state index is -1.05. The molecule has 168 valence electrons. The minimum absolute atomic E-state index is 0.0367. The van der Waals surface area contributed by atoms with Gasteiger partial charge < -0.3 is 19.8 Å². The van der Waals surface area contributed by atoms with Crippen molar-refractivity contribution in [1.29, 1.82) is 5.26 Å². The van der Waals surface area contributed by atoms with Crippen LogP contribution in [0.4, 0.5) is 4.39 Å². The van der Waals surface area contributed by atoms with E-state index in [0.29, 0.717) is 25.5 Å². The number of allylic oxidation sites excluding steroid dienone is 1. The predicted octanol–water partition coefficient (Wildman–Crippen LogP) is 2.89. The Morgan fingerprint density at radius 1 is 1.28 bits per heavy atom. The Hall–Kier alpha value is -2.86. The summed E-state index contributed by atoms with van der Waals surface area (Å²) >= 11 is 6.31. The molecule has 0 bridgehead atoms. The van der Waals surface area contributed by atoms with E-state index in [-0.39, 0.29) is 38.9 Å². The van der Waals surface area contributed by atoms with Crippen molar-refractivity contribution in [2.75, 3.05) is 32.8 Å². The van der Waals surface area contributed by atoms with E-state index in [4.69, 9.17) is 26.8 Å². The fraction of sp³-hybridized carbons (Fsp3) is 0.391. The lowest BCUT2D eigenvalue weighted by molar-refractivity contribution is 0.0369. The van der Waals surface area contributed by atoms with Gasteiger partial charge >= 0.3 is 0 Å². The zero-order chi connectivity index (χ0) is 22.8. The first-order chi connectivity index (χ1) is 15.4. The number of rotatable bonds is 5. The number of nitriles is 1. The van der Waals surface area contributed by atoms with Gasteiger partial charge in [0.25, 0.3) is 5.56 Å². The molecule has 1 saturated heterocycles.